The molecule has 0 radical (unpaired) electrons. The maximum atomic E-state index is 8.73. The van der Waals surface area contributed by atoms with E-state index in [2.05, 4.69) is 20.9 Å². The van der Waals surface area contributed by atoms with Gasteiger partial charge in [0.2, 0.25) is 0 Å². The van der Waals surface area contributed by atoms with Gasteiger partial charge in [-0.05, 0) is 37.1 Å². The Morgan fingerprint density at radius 2 is 2.11 bits per heavy atom. The molecule has 0 unspecified atom stereocenters. The number of aromatic nitrogens is 2. The fourth-order valence-corrected chi connectivity index (χ4v) is 2.01. The van der Waals surface area contributed by atoms with Gasteiger partial charge < -0.3 is 9.88 Å². The number of imidazole rings is 1. The normalized spacial score (nSPS) is 14.2. The van der Waals surface area contributed by atoms with Gasteiger partial charge in [0.05, 0.1) is 30.2 Å². The molecule has 1 saturated carbocycles. The van der Waals surface area contributed by atoms with E-state index in [4.69, 9.17) is 5.26 Å². The molecule has 1 heterocycles. The molecule has 18 heavy (non-hydrogen) atoms. The van der Waals surface area contributed by atoms with Gasteiger partial charge in [0.15, 0.2) is 0 Å². The molecule has 0 amide bonds. The zero-order chi connectivity index (χ0) is 12.4. The van der Waals surface area contributed by atoms with Crippen molar-refractivity contribution in [2.24, 2.45) is 0 Å². The molecule has 1 aromatic heterocycles. The number of hydrogen-bond acceptors (Lipinski definition) is 3. The van der Waals surface area contributed by atoms with E-state index in [1.165, 1.54) is 18.5 Å². The first-order chi connectivity index (χ1) is 8.86. The summed E-state index contributed by atoms with van der Waals surface area (Å²) in [4.78, 5) is 4.20. The number of anilines is 1. The highest BCUT2D eigenvalue weighted by molar-refractivity contribution is 5.47. The third kappa shape index (κ3) is 2.21. The average molecular weight is 238 g/mol. The van der Waals surface area contributed by atoms with Gasteiger partial charge in [-0.3, -0.25) is 0 Å². The summed E-state index contributed by atoms with van der Waals surface area (Å²) in [7, 11) is 0. The van der Waals surface area contributed by atoms with E-state index in [1.54, 1.807) is 0 Å². The lowest BCUT2D eigenvalue weighted by molar-refractivity contribution is 0.701. The molecule has 0 aliphatic heterocycles. The van der Waals surface area contributed by atoms with Crippen LogP contribution in [0.2, 0.25) is 0 Å². The summed E-state index contributed by atoms with van der Waals surface area (Å²) in [6, 6.07) is 10.3. The minimum absolute atomic E-state index is 0.658. The summed E-state index contributed by atoms with van der Waals surface area (Å²) >= 11 is 0. The third-order valence-corrected chi connectivity index (χ3v) is 3.17. The summed E-state index contributed by atoms with van der Waals surface area (Å²) < 4.78 is 2.25. The predicted octanol–water partition coefficient (Wildman–Crippen LogP) is 2.70. The van der Waals surface area contributed by atoms with Gasteiger partial charge in [-0.25, -0.2) is 4.98 Å². The first kappa shape index (κ1) is 10.8. The molecular weight excluding hydrogens is 224 g/mol. The topological polar surface area (TPSA) is 53.6 Å². The van der Waals surface area contributed by atoms with Crippen LogP contribution in [-0.4, -0.2) is 9.55 Å². The number of rotatable bonds is 4. The minimum atomic E-state index is 0.658. The zero-order valence-electron chi connectivity index (χ0n) is 10.0. The van der Waals surface area contributed by atoms with Gasteiger partial charge in [-0.2, -0.15) is 5.26 Å². The number of hydrogen-bond donors (Lipinski definition) is 1. The van der Waals surface area contributed by atoms with E-state index in [9.17, 15) is 0 Å². The van der Waals surface area contributed by atoms with Crippen molar-refractivity contribution in [2.75, 3.05) is 5.32 Å². The predicted molar refractivity (Wildman–Crippen MR) is 69.0 cm³/mol. The van der Waals surface area contributed by atoms with E-state index in [0.29, 0.717) is 11.6 Å². The Morgan fingerprint density at radius 1 is 1.33 bits per heavy atom. The molecule has 4 heteroatoms. The number of nitrogens with one attached hydrogen (secondary N) is 1. The number of benzene rings is 1. The first-order valence-corrected chi connectivity index (χ1v) is 6.11. The van der Waals surface area contributed by atoms with Crippen LogP contribution in [0.4, 0.5) is 5.69 Å². The van der Waals surface area contributed by atoms with Crippen LogP contribution in [0.1, 0.15) is 30.1 Å². The van der Waals surface area contributed by atoms with Gasteiger partial charge in [0.1, 0.15) is 0 Å². The fraction of sp³-hybridized carbons (Fsp3) is 0.286. The second-order valence-corrected chi connectivity index (χ2v) is 4.57. The average Bonchev–Trinajstić information content (AvgIpc) is 3.16. The van der Waals surface area contributed by atoms with E-state index in [1.807, 2.05) is 36.8 Å². The van der Waals surface area contributed by atoms with Gasteiger partial charge in [0.25, 0.3) is 0 Å². The molecule has 3 rings (SSSR count). The van der Waals surface area contributed by atoms with Crippen LogP contribution in [0.3, 0.4) is 0 Å². The Morgan fingerprint density at radius 3 is 2.78 bits per heavy atom. The smallest absolute Gasteiger partial charge is 0.0991 e. The molecule has 2 aromatic rings. The minimum Gasteiger partial charge on any atom is -0.379 e. The van der Waals surface area contributed by atoms with Crippen LogP contribution >= 0.6 is 0 Å². The Hall–Kier alpha value is -2.28. The number of nitrogens with zero attached hydrogens (tertiary/aromatic N) is 3. The molecule has 1 aliphatic carbocycles. The van der Waals surface area contributed by atoms with Crippen LogP contribution in [0, 0.1) is 11.3 Å². The highest BCUT2D eigenvalue weighted by atomic mass is 15.1. The lowest BCUT2D eigenvalue weighted by atomic mass is 10.2. The zero-order valence-corrected chi connectivity index (χ0v) is 10.0. The highest BCUT2D eigenvalue weighted by Gasteiger charge is 2.24. The summed E-state index contributed by atoms with van der Waals surface area (Å²) in [6.07, 6.45) is 6.35. The standard InChI is InChI=1S/C14H14N4/c15-7-11-1-3-12(4-2-11)17-9-14-8-16-10-18(14)13-5-6-13/h1-4,8,10,13,17H,5-6,9H2. The van der Waals surface area contributed by atoms with Gasteiger partial charge >= 0.3 is 0 Å². The fourth-order valence-electron chi connectivity index (χ4n) is 2.01. The van der Waals surface area contributed by atoms with E-state index in [-0.39, 0.29) is 0 Å². The van der Waals surface area contributed by atoms with Crippen LogP contribution in [0.5, 0.6) is 0 Å². The Labute approximate surface area is 106 Å². The second-order valence-electron chi connectivity index (χ2n) is 4.57. The quantitative estimate of drug-likeness (QED) is 0.891. The second kappa shape index (κ2) is 4.53. The van der Waals surface area contributed by atoms with Crippen LogP contribution < -0.4 is 5.32 Å². The van der Waals surface area contributed by atoms with Crippen molar-refractivity contribution in [3.63, 3.8) is 0 Å². The molecular formula is C14H14N4. The molecule has 90 valence electrons. The third-order valence-electron chi connectivity index (χ3n) is 3.17. The monoisotopic (exact) mass is 238 g/mol. The van der Waals surface area contributed by atoms with Crippen LogP contribution in [-0.2, 0) is 6.54 Å². The first-order valence-electron chi connectivity index (χ1n) is 6.11. The van der Waals surface area contributed by atoms with Crippen LogP contribution in [0.25, 0.3) is 0 Å². The van der Waals surface area contributed by atoms with Gasteiger partial charge in [-0.15, -0.1) is 0 Å². The molecule has 0 spiro atoms. The molecule has 4 nitrogen and oxygen atoms in total. The van der Waals surface area contributed by atoms with Gasteiger partial charge in [-0.1, -0.05) is 0 Å². The van der Waals surface area contributed by atoms with Crippen molar-refractivity contribution >= 4 is 5.69 Å². The SMILES string of the molecule is N#Cc1ccc(NCc2cncn2C2CC2)cc1. The maximum Gasteiger partial charge on any atom is 0.0991 e. The molecule has 1 N–H and O–H groups in total. The van der Waals surface area contributed by atoms with Crippen molar-refractivity contribution in [1.82, 2.24) is 9.55 Å². The van der Waals surface area contributed by atoms with E-state index >= 15 is 0 Å². The maximum absolute atomic E-state index is 8.73. The van der Waals surface area contributed by atoms with Crippen molar-refractivity contribution in [2.45, 2.75) is 25.4 Å². The van der Waals surface area contributed by atoms with Crippen molar-refractivity contribution in [1.29, 1.82) is 5.26 Å². The lowest BCUT2D eigenvalue weighted by Gasteiger charge is -2.09. The molecule has 0 bridgehead atoms. The molecule has 0 saturated heterocycles. The van der Waals surface area contributed by atoms with Crippen LogP contribution in [0.15, 0.2) is 36.8 Å². The Kier molecular flexibility index (Phi) is 2.73. The Balaban J connectivity index is 1.66. The van der Waals surface area contributed by atoms with Crippen molar-refractivity contribution < 1.29 is 0 Å². The summed E-state index contributed by atoms with van der Waals surface area (Å²) in [6.45, 7) is 0.766. The van der Waals surface area contributed by atoms with Crippen molar-refractivity contribution in [3.05, 3.63) is 48.0 Å². The largest absolute Gasteiger partial charge is 0.379 e. The summed E-state index contributed by atoms with van der Waals surface area (Å²) in [5, 5.41) is 12.1. The summed E-state index contributed by atoms with van der Waals surface area (Å²) in [5.41, 5.74) is 2.92. The Bertz CT molecular complexity index is 573. The van der Waals surface area contributed by atoms with Crippen molar-refractivity contribution in [3.8, 4) is 6.07 Å². The van der Waals surface area contributed by atoms with E-state index in [0.717, 1.165) is 12.2 Å². The molecule has 1 fully saturated rings. The molecule has 1 aromatic carbocycles. The highest BCUT2D eigenvalue weighted by Crippen LogP contribution is 2.35. The number of nitriles is 1. The van der Waals surface area contributed by atoms with E-state index < -0.39 is 0 Å². The molecule has 1 aliphatic rings. The molecule has 0 atom stereocenters. The van der Waals surface area contributed by atoms with Gasteiger partial charge in [0, 0.05) is 17.9 Å². The summed E-state index contributed by atoms with van der Waals surface area (Å²) in [5.74, 6) is 0. The lowest BCUT2D eigenvalue weighted by Crippen LogP contribution is -2.05.